The zero-order chi connectivity index (χ0) is 43.3. The van der Waals surface area contributed by atoms with Crippen LogP contribution in [0.5, 0.6) is 0 Å². The second-order valence-electron chi connectivity index (χ2n) is 15.8. The highest BCUT2D eigenvalue weighted by molar-refractivity contribution is 6.03. The summed E-state index contributed by atoms with van der Waals surface area (Å²) in [6, 6.07) is 12.5. The number of carboxylic acid groups (broad SMARTS) is 1. The molecule has 0 radical (unpaired) electrons. The van der Waals surface area contributed by atoms with E-state index >= 15 is 0 Å². The van der Waals surface area contributed by atoms with Gasteiger partial charge in [0.25, 0.3) is 5.91 Å². The normalized spacial score (nSPS) is 11.7. The summed E-state index contributed by atoms with van der Waals surface area (Å²) in [4.78, 5) is 59.6. The summed E-state index contributed by atoms with van der Waals surface area (Å²) in [7, 11) is 0. The molecule has 0 aliphatic carbocycles. The number of imidazole rings is 2. The highest BCUT2D eigenvalue weighted by Crippen LogP contribution is 2.26. The molecule has 18 nitrogen and oxygen atoms in total. The average molecular weight is 823 g/mol. The van der Waals surface area contributed by atoms with Gasteiger partial charge in [-0.2, -0.15) is 10.2 Å². The van der Waals surface area contributed by atoms with Crippen molar-refractivity contribution >= 4 is 57.8 Å². The van der Waals surface area contributed by atoms with Crippen LogP contribution in [0.15, 0.2) is 42.5 Å². The maximum atomic E-state index is 14.1. The maximum absolute atomic E-state index is 14.1. The van der Waals surface area contributed by atoms with Gasteiger partial charge < -0.3 is 35.8 Å². The van der Waals surface area contributed by atoms with E-state index in [-0.39, 0.29) is 18.1 Å². The number of hydrogen-bond donors (Lipinski definition) is 5. The number of nitrogens with one attached hydrogen (secondary N) is 2. The number of nitrogen functional groups attached to an aromatic ring is 1. The molecule has 0 aliphatic rings. The van der Waals surface area contributed by atoms with Gasteiger partial charge in [0.1, 0.15) is 17.0 Å². The fourth-order valence-electron chi connectivity index (χ4n) is 7.42. The van der Waals surface area contributed by atoms with Crippen molar-refractivity contribution in [2.24, 2.45) is 5.73 Å². The molecule has 4 aromatic heterocycles. The quantitative estimate of drug-likeness (QED) is 0.0633. The molecule has 0 unspecified atom stereocenters. The fourth-order valence-corrected chi connectivity index (χ4v) is 7.42. The number of aromatic carboxylic acids is 1. The van der Waals surface area contributed by atoms with Crippen LogP contribution in [0.1, 0.15) is 114 Å². The van der Waals surface area contributed by atoms with Crippen LogP contribution in [0.3, 0.4) is 0 Å². The van der Waals surface area contributed by atoms with Crippen LogP contribution < -0.4 is 22.1 Å². The average Bonchev–Trinajstić information content (AvgIpc) is 3.92. The Labute approximate surface area is 347 Å². The summed E-state index contributed by atoms with van der Waals surface area (Å²) in [6.07, 6.45) is 3.69. The number of ether oxygens (including phenoxy) is 1. The molecular weight excluding hydrogens is 769 g/mol. The smallest absolute Gasteiger partial charge is 0.407 e. The number of nitrogens with zero attached hydrogens (tertiary/aromatic N) is 8. The molecule has 0 atom stereocenters. The minimum atomic E-state index is -0.979. The van der Waals surface area contributed by atoms with Crippen molar-refractivity contribution in [3.05, 3.63) is 81.9 Å². The van der Waals surface area contributed by atoms with Gasteiger partial charge in [-0.05, 0) is 110 Å². The molecule has 318 valence electrons. The first-order valence-corrected chi connectivity index (χ1v) is 20.2. The molecule has 4 heterocycles. The molecule has 6 rings (SSSR count). The standard InChI is InChI=1S/C42H54N12O6/c1-7-53-35(38(57)58)29(26(3)50-53)15-9-8-10-21-54-33(22-25(2)49-54)37(56)48-40-47-34-28(24-45-41(59)60-42(4,5)6)14-13-16-32(34)52(40)20-12-11-19-51-31-18-17-27(36(43)55)23-30(31)46-39(51)44/h13-14,16-18,22-23H,7-12,15,19-21,24H2,1-6H3,(H2,43,55)(H2,44,46)(H,45,59)(H,57,58)(H,47,48,56). The van der Waals surface area contributed by atoms with E-state index in [0.717, 1.165) is 47.1 Å². The molecule has 7 N–H and O–H groups in total. The van der Waals surface area contributed by atoms with Crippen LogP contribution >= 0.6 is 0 Å². The number of nitrogens with two attached hydrogens (primary N) is 2. The second-order valence-corrected chi connectivity index (χ2v) is 15.8. The second kappa shape index (κ2) is 18.0. The lowest BCUT2D eigenvalue weighted by Gasteiger charge is -2.19. The Morgan fingerprint density at radius 1 is 0.867 bits per heavy atom. The molecule has 3 amide bonds. The number of carbonyl (C=O) groups is 4. The SMILES string of the molecule is CCn1nc(C)c(CCCCCn2nc(C)cc2C(=O)Nc2nc3c(CNC(=O)OC(C)(C)C)cccc3n2CCCCn2c(N)nc3cc(C(N)=O)ccc32)c1C(=O)O. The zero-order valence-electron chi connectivity index (χ0n) is 35.0. The number of amides is 3. The Balaban J connectivity index is 1.18. The molecule has 0 saturated carbocycles. The third-order valence-electron chi connectivity index (χ3n) is 10.2. The van der Waals surface area contributed by atoms with Gasteiger partial charge in [0.2, 0.25) is 17.8 Å². The molecule has 18 heteroatoms. The van der Waals surface area contributed by atoms with E-state index in [9.17, 15) is 24.3 Å². The van der Waals surface area contributed by atoms with E-state index in [1.807, 2.05) is 48.1 Å². The molecular formula is C42H54N12O6. The minimum Gasteiger partial charge on any atom is -0.477 e. The number of para-hydroxylation sites is 1. The number of anilines is 2. The third-order valence-corrected chi connectivity index (χ3v) is 10.2. The zero-order valence-corrected chi connectivity index (χ0v) is 35.0. The number of unbranched alkanes of at least 4 members (excludes halogenated alkanes) is 3. The van der Waals surface area contributed by atoms with Crippen molar-refractivity contribution in [1.82, 2.24) is 44.0 Å². The number of benzene rings is 2. The number of aromatic nitrogens is 8. The van der Waals surface area contributed by atoms with Crippen molar-refractivity contribution in [3.63, 3.8) is 0 Å². The first-order valence-electron chi connectivity index (χ1n) is 20.2. The van der Waals surface area contributed by atoms with E-state index in [0.29, 0.717) is 85.3 Å². The van der Waals surface area contributed by atoms with E-state index in [1.54, 1.807) is 49.7 Å². The largest absolute Gasteiger partial charge is 0.477 e. The number of primary amides is 1. The predicted molar refractivity (Wildman–Crippen MR) is 227 cm³/mol. The van der Waals surface area contributed by atoms with Crippen molar-refractivity contribution in [2.45, 2.75) is 118 Å². The lowest BCUT2D eigenvalue weighted by molar-refractivity contribution is 0.0522. The van der Waals surface area contributed by atoms with Crippen LogP contribution in [0.2, 0.25) is 0 Å². The Morgan fingerprint density at radius 2 is 1.60 bits per heavy atom. The third kappa shape index (κ3) is 9.76. The molecule has 2 aromatic carbocycles. The number of carboxylic acids is 1. The van der Waals surface area contributed by atoms with Crippen LogP contribution in [-0.2, 0) is 43.9 Å². The summed E-state index contributed by atoms with van der Waals surface area (Å²) in [6.45, 7) is 13.1. The molecule has 60 heavy (non-hydrogen) atoms. The molecule has 0 bridgehead atoms. The summed E-state index contributed by atoms with van der Waals surface area (Å²) in [5.41, 5.74) is 17.7. The van der Waals surface area contributed by atoms with Crippen molar-refractivity contribution in [3.8, 4) is 0 Å². The van der Waals surface area contributed by atoms with E-state index in [1.165, 1.54) is 4.68 Å². The highest BCUT2D eigenvalue weighted by atomic mass is 16.6. The number of carbonyl (C=O) groups excluding carboxylic acids is 3. The monoisotopic (exact) mass is 822 g/mol. The summed E-state index contributed by atoms with van der Waals surface area (Å²) in [5.74, 6) is -1.22. The van der Waals surface area contributed by atoms with Gasteiger partial charge >= 0.3 is 12.1 Å². The minimum absolute atomic E-state index is 0.158. The van der Waals surface area contributed by atoms with Gasteiger partial charge in [0.15, 0.2) is 0 Å². The number of hydrogen-bond acceptors (Lipinski definition) is 10. The first-order chi connectivity index (χ1) is 28.5. The highest BCUT2D eigenvalue weighted by Gasteiger charge is 2.23. The summed E-state index contributed by atoms with van der Waals surface area (Å²) >= 11 is 0. The lowest BCUT2D eigenvalue weighted by atomic mass is 10.0. The van der Waals surface area contributed by atoms with Crippen molar-refractivity contribution < 1.29 is 29.0 Å². The van der Waals surface area contributed by atoms with Gasteiger partial charge in [-0.15, -0.1) is 0 Å². The Morgan fingerprint density at radius 3 is 2.30 bits per heavy atom. The molecule has 0 saturated heterocycles. The van der Waals surface area contributed by atoms with Crippen LogP contribution in [0.25, 0.3) is 22.1 Å². The van der Waals surface area contributed by atoms with Gasteiger partial charge in [-0.3, -0.25) is 24.3 Å². The van der Waals surface area contributed by atoms with Crippen molar-refractivity contribution in [2.75, 3.05) is 11.1 Å². The molecule has 0 aliphatic heterocycles. The molecule has 0 fully saturated rings. The van der Waals surface area contributed by atoms with Gasteiger partial charge in [-0.25, -0.2) is 19.6 Å². The first kappa shape index (κ1) is 42.9. The van der Waals surface area contributed by atoms with Gasteiger partial charge in [-0.1, -0.05) is 18.6 Å². The summed E-state index contributed by atoms with van der Waals surface area (Å²) in [5, 5.41) is 24.7. The Kier molecular flexibility index (Phi) is 12.9. The molecule has 6 aromatic rings. The number of rotatable bonds is 18. The van der Waals surface area contributed by atoms with E-state index < -0.39 is 23.6 Å². The fraction of sp³-hybridized carbons (Fsp3) is 0.429. The molecule has 0 spiro atoms. The van der Waals surface area contributed by atoms with Gasteiger partial charge in [0, 0.05) is 43.9 Å². The number of fused-ring (bicyclic) bond motifs is 2. The number of aryl methyl sites for hydroxylation is 6. The summed E-state index contributed by atoms with van der Waals surface area (Å²) < 4.78 is 12.5. The topological polar surface area (TPSA) is 245 Å². The van der Waals surface area contributed by atoms with E-state index in [4.69, 9.17) is 21.2 Å². The Bertz CT molecular complexity index is 2550. The van der Waals surface area contributed by atoms with Crippen LogP contribution in [-0.4, -0.2) is 73.2 Å². The maximum Gasteiger partial charge on any atom is 0.407 e. The lowest BCUT2D eigenvalue weighted by Crippen LogP contribution is -2.32. The van der Waals surface area contributed by atoms with Gasteiger partial charge in [0.05, 0.1) is 33.5 Å². The van der Waals surface area contributed by atoms with E-state index in [2.05, 4.69) is 25.8 Å². The van der Waals surface area contributed by atoms with Crippen LogP contribution in [0.4, 0.5) is 16.7 Å². The number of alkyl carbamates (subject to hydrolysis) is 1. The van der Waals surface area contributed by atoms with Crippen molar-refractivity contribution in [1.29, 1.82) is 0 Å². The van der Waals surface area contributed by atoms with Crippen LogP contribution in [0, 0.1) is 13.8 Å². The Hall–Kier alpha value is -6.72. The predicted octanol–water partition coefficient (Wildman–Crippen LogP) is 5.97.